The van der Waals surface area contributed by atoms with Crippen LogP contribution >= 0.6 is 0 Å². The predicted molar refractivity (Wildman–Crippen MR) is 133 cm³/mol. The van der Waals surface area contributed by atoms with E-state index >= 15 is 0 Å². The van der Waals surface area contributed by atoms with E-state index in [2.05, 4.69) is 29.0 Å². The molecule has 4 rings (SSSR count). The molecule has 5 nitrogen and oxygen atoms in total. The summed E-state index contributed by atoms with van der Waals surface area (Å²) < 4.78 is 15.9. The van der Waals surface area contributed by atoms with Crippen LogP contribution in [0.25, 0.3) is 0 Å². The average molecular weight is 449 g/mol. The first-order valence-corrected chi connectivity index (χ1v) is 11.7. The summed E-state index contributed by atoms with van der Waals surface area (Å²) in [5.41, 5.74) is 6.50. The average Bonchev–Trinajstić information content (AvgIpc) is 3.04. The van der Waals surface area contributed by atoms with Crippen LogP contribution in [0.5, 0.6) is 0 Å². The van der Waals surface area contributed by atoms with Gasteiger partial charge >= 0.3 is 0 Å². The van der Waals surface area contributed by atoms with E-state index in [1.54, 1.807) is 6.07 Å². The number of nitrogens with zero attached hydrogens (tertiary/aromatic N) is 3. The van der Waals surface area contributed by atoms with Crippen LogP contribution in [-0.2, 0) is 6.54 Å². The first-order valence-electron chi connectivity index (χ1n) is 11.7. The number of piperazine rings is 1. The number of carbonyl (C=O) groups excluding carboxylic acids is 1. The Hall–Kier alpha value is -3.12. The van der Waals surface area contributed by atoms with Gasteiger partial charge in [0.05, 0.1) is 5.69 Å². The molecule has 1 fully saturated rings. The van der Waals surface area contributed by atoms with Gasteiger partial charge in [-0.1, -0.05) is 36.8 Å². The van der Waals surface area contributed by atoms with Crippen molar-refractivity contribution in [3.05, 3.63) is 82.4 Å². The zero-order valence-corrected chi connectivity index (χ0v) is 20.0. The van der Waals surface area contributed by atoms with Gasteiger partial charge in [0.1, 0.15) is 11.5 Å². The molecule has 1 amide bonds. The third kappa shape index (κ3) is 4.96. The number of aromatic nitrogens is 1. The summed E-state index contributed by atoms with van der Waals surface area (Å²) in [5, 5.41) is 3.06. The summed E-state index contributed by atoms with van der Waals surface area (Å²) in [6.45, 7) is 13.7. The largest absolute Gasteiger partial charge is 0.367 e. The quantitative estimate of drug-likeness (QED) is 0.577. The third-order valence-electron chi connectivity index (χ3n) is 6.62. The Morgan fingerprint density at radius 2 is 1.70 bits per heavy atom. The number of hydrogen-bond acceptors (Lipinski definition) is 3. The summed E-state index contributed by atoms with van der Waals surface area (Å²) in [6, 6.07) is 14.4. The summed E-state index contributed by atoms with van der Waals surface area (Å²) in [4.78, 5) is 18.3. The van der Waals surface area contributed by atoms with Crippen molar-refractivity contribution in [2.75, 3.05) is 42.9 Å². The Balaban J connectivity index is 1.72. The summed E-state index contributed by atoms with van der Waals surface area (Å²) in [6.07, 6.45) is 0. The Morgan fingerprint density at radius 3 is 2.33 bits per heavy atom. The number of benzene rings is 2. The van der Waals surface area contributed by atoms with Crippen LogP contribution in [0.2, 0.25) is 0 Å². The van der Waals surface area contributed by atoms with Crippen molar-refractivity contribution in [1.82, 2.24) is 9.47 Å². The second kappa shape index (κ2) is 9.79. The minimum absolute atomic E-state index is 0.144. The zero-order valence-electron chi connectivity index (χ0n) is 20.0. The third-order valence-corrected chi connectivity index (χ3v) is 6.62. The van der Waals surface area contributed by atoms with E-state index in [1.165, 1.54) is 12.1 Å². The van der Waals surface area contributed by atoms with Crippen LogP contribution in [0, 0.1) is 26.6 Å². The van der Waals surface area contributed by atoms with E-state index in [1.807, 2.05) is 48.7 Å². The molecule has 6 heteroatoms. The minimum atomic E-state index is -0.268. The molecule has 1 saturated heterocycles. The molecule has 2 aromatic carbocycles. The SMILES string of the molecule is CCN1CCN(c2c(C)c(C(=O)Nc3ccc(C)cc3)n(Cc3cccc(F)c3)c2C)CC1. The molecule has 33 heavy (non-hydrogen) atoms. The maximum Gasteiger partial charge on any atom is 0.272 e. The van der Waals surface area contributed by atoms with Crippen molar-refractivity contribution in [2.24, 2.45) is 0 Å². The number of rotatable bonds is 6. The molecular formula is C27H33FN4O. The van der Waals surface area contributed by atoms with Crippen molar-refractivity contribution < 1.29 is 9.18 Å². The topological polar surface area (TPSA) is 40.5 Å². The van der Waals surface area contributed by atoms with E-state index in [0.717, 1.165) is 66.5 Å². The lowest BCUT2D eigenvalue weighted by Crippen LogP contribution is -2.46. The molecule has 3 aromatic rings. The highest BCUT2D eigenvalue weighted by molar-refractivity contribution is 6.05. The van der Waals surface area contributed by atoms with Gasteiger partial charge in [0.15, 0.2) is 0 Å². The first-order chi connectivity index (χ1) is 15.9. The van der Waals surface area contributed by atoms with Gasteiger partial charge in [0.2, 0.25) is 0 Å². The Bertz CT molecular complexity index is 1130. The highest BCUT2D eigenvalue weighted by Crippen LogP contribution is 2.33. The van der Waals surface area contributed by atoms with Gasteiger partial charge in [-0.25, -0.2) is 4.39 Å². The van der Waals surface area contributed by atoms with Gasteiger partial charge in [0.25, 0.3) is 5.91 Å². The number of hydrogen-bond donors (Lipinski definition) is 1. The van der Waals surface area contributed by atoms with Gasteiger partial charge in [-0.3, -0.25) is 4.79 Å². The second-order valence-corrected chi connectivity index (χ2v) is 8.87. The maximum atomic E-state index is 13.9. The van der Waals surface area contributed by atoms with Crippen molar-refractivity contribution in [1.29, 1.82) is 0 Å². The number of amides is 1. The lowest BCUT2D eigenvalue weighted by Gasteiger charge is -2.36. The molecular weight excluding hydrogens is 415 g/mol. The smallest absolute Gasteiger partial charge is 0.272 e. The number of likely N-dealkylation sites (N-methyl/N-ethyl adjacent to an activating group) is 1. The van der Waals surface area contributed by atoms with Gasteiger partial charge < -0.3 is 19.7 Å². The molecule has 0 atom stereocenters. The van der Waals surface area contributed by atoms with E-state index < -0.39 is 0 Å². The second-order valence-electron chi connectivity index (χ2n) is 8.87. The number of anilines is 2. The fourth-order valence-electron chi connectivity index (χ4n) is 4.77. The zero-order chi connectivity index (χ0) is 23.5. The van der Waals surface area contributed by atoms with Crippen molar-refractivity contribution >= 4 is 17.3 Å². The number of nitrogens with one attached hydrogen (secondary N) is 1. The van der Waals surface area contributed by atoms with Crippen LogP contribution < -0.4 is 10.2 Å². The van der Waals surface area contributed by atoms with Gasteiger partial charge in [-0.15, -0.1) is 0 Å². The Kier molecular flexibility index (Phi) is 6.84. The van der Waals surface area contributed by atoms with Crippen LogP contribution in [0.15, 0.2) is 48.5 Å². The maximum absolute atomic E-state index is 13.9. The summed E-state index contributed by atoms with van der Waals surface area (Å²) in [7, 11) is 0. The normalized spacial score (nSPS) is 14.5. The van der Waals surface area contributed by atoms with Crippen molar-refractivity contribution in [3.8, 4) is 0 Å². The molecule has 0 radical (unpaired) electrons. The molecule has 0 bridgehead atoms. The molecule has 174 valence electrons. The van der Waals surface area contributed by atoms with Crippen molar-refractivity contribution in [2.45, 2.75) is 34.2 Å². The molecule has 1 N–H and O–H groups in total. The minimum Gasteiger partial charge on any atom is -0.367 e. The molecule has 0 unspecified atom stereocenters. The molecule has 1 aromatic heterocycles. The fraction of sp³-hybridized carbons (Fsp3) is 0.370. The van der Waals surface area contributed by atoms with E-state index in [0.29, 0.717) is 12.2 Å². The standard InChI is InChI=1S/C27H33FN4O/c1-5-30-13-15-31(16-14-30)25-20(3)26(27(33)29-24-11-9-19(2)10-12-24)32(21(25)4)18-22-7-6-8-23(28)17-22/h6-12,17H,5,13-16,18H2,1-4H3,(H,29,33). The predicted octanol–water partition coefficient (Wildman–Crippen LogP) is 4.99. The summed E-state index contributed by atoms with van der Waals surface area (Å²) >= 11 is 0. The van der Waals surface area contributed by atoms with E-state index in [9.17, 15) is 9.18 Å². The highest BCUT2D eigenvalue weighted by atomic mass is 19.1. The molecule has 1 aliphatic rings. The van der Waals surface area contributed by atoms with Crippen LogP contribution in [0.1, 0.15) is 39.8 Å². The van der Waals surface area contributed by atoms with Crippen LogP contribution in [-0.4, -0.2) is 48.1 Å². The van der Waals surface area contributed by atoms with Crippen molar-refractivity contribution in [3.63, 3.8) is 0 Å². The Morgan fingerprint density at radius 1 is 1.00 bits per heavy atom. The number of carbonyl (C=O) groups is 1. The van der Waals surface area contributed by atoms with Gasteiger partial charge in [-0.2, -0.15) is 0 Å². The van der Waals surface area contributed by atoms with Gasteiger partial charge in [-0.05, 0) is 57.1 Å². The van der Waals surface area contributed by atoms with E-state index in [4.69, 9.17) is 0 Å². The Labute approximate surface area is 195 Å². The monoisotopic (exact) mass is 448 g/mol. The van der Waals surface area contributed by atoms with Crippen LogP contribution in [0.3, 0.4) is 0 Å². The highest BCUT2D eigenvalue weighted by Gasteiger charge is 2.28. The lowest BCUT2D eigenvalue weighted by atomic mass is 10.1. The molecule has 0 aliphatic carbocycles. The summed E-state index contributed by atoms with van der Waals surface area (Å²) in [5.74, 6) is -0.412. The fourth-order valence-corrected chi connectivity index (χ4v) is 4.77. The first kappa shape index (κ1) is 23.1. The van der Waals surface area contributed by atoms with Crippen LogP contribution in [0.4, 0.5) is 15.8 Å². The number of aryl methyl sites for hydroxylation is 1. The molecule has 2 heterocycles. The lowest BCUT2D eigenvalue weighted by molar-refractivity contribution is 0.101. The van der Waals surface area contributed by atoms with E-state index in [-0.39, 0.29) is 11.7 Å². The molecule has 1 aliphatic heterocycles. The number of halogens is 1. The molecule has 0 saturated carbocycles. The van der Waals surface area contributed by atoms with Gasteiger partial charge in [0, 0.05) is 49.7 Å². The molecule has 0 spiro atoms.